The summed E-state index contributed by atoms with van der Waals surface area (Å²) in [5.41, 5.74) is 0.238. The largest absolute Gasteiger partial charge is 0.393 e. The minimum atomic E-state index is -0.141. The first-order valence-electron chi connectivity index (χ1n) is 5.53. The molecular weight excluding hydrogens is 164 g/mol. The predicted molar refractivity (Wildman–Crippen MR) is 51.6 cm³/mol. The molecule has 0 spiro atoms. The van der Waals surface area contributed by atoms with Crippen LogP contribution in [-0.2, 0) is 4.74 Å². The van der Waals surface area contributed by atoms with E-state index in [2.05, 4.69) is 0 Å². The van der Waals surface area contributed by atoms with Crippen molar-refractivity contribution in [3.8, 4) is 0 Å². The third-order valence-corrected chi connectivity index (χ3v) is 3.69. The van der Waals surface area contributed by atoms with E-state index in [1.165, 1.54) is 32.1 Å². The van der Waals surface area contributed by atoms with Crippen LogP contribution in [0.25, 0.3) is 0 Å². The Hall–Kier alpha value is -0.0800. The van der Waals surface area contributed by atoms with Gasteiger partial charge in [0.2, 0.25) is 0 Å². The smallest absolute Gasteiger partial charge is 0.0581 e. The van der Waals surface area contributed by atoms with Gasteiger partial charge < -0.3 is 9.84 Å². The summed E-state index contributed by atoms with van der Waals surface area (Å²) in [6.07, 6.45) is 7.51. The second kappa shape index (κ2) is 3.58. The molecule has 2 nitrogen and oxygen atoms in total. The topological polar surface area (TPSA) is 29.5 Å². The molecule has 2 aliphatic rings. The Morgan fingerprint density at radius 3 is 2.69 bits per heavy atom. The average molecular weight is 184 g/mol. The number of ether oxygens (including phenoxy) is 1. The van der Waals surface area contributed by atoms with Crippen molar-refractivity contribution in [2.75, 3.05) is 6.61 Å². The number of hydrogen-bond donors (Lipinski definition) is 1. The van der Waals surface area contributed by atoms with Crippen LogP contribution in [0, 0.1) is 5.41 Å². The third kappa shape index (κ3) is 2.05. The Labute approximate surface area is 80.3 Å². The maximum Gasteiger partial charge on any atom is 0.0581 e. The Balaban J connectivity index is 1.82. The molecule has 0 bridgehead atoms. The van der Waals surface area contributed by atoms with E-state index in [4.69, 9.17) is 4.74 Å². The van der Waals surface area contributed by atoms with Crippen LogP contribution in [0.4, 0.5) is 0 Å². The summed E-state index contributed by atoms with van der Waals surface area (Å²) in [6, 6.07) is 0. The van der Waals surface area contributed by atoms with Gasteiger partial charge in [0.15, 0.2) is 0 Å². The zero-order valence-electron chi connectivity index (χ0n) is 8.46. The Bertz CT molecular complexity index is 167. The summed E-state index contributed by atoms with van der Waals surface area (Å²) in [5, 5.41) is 9.62. The van der Waals surface area contributed by atoms with E-state index in [1.807, 2.05) is 6.92 Å². The molecule has 1 N–H and O–H groups in total. The molecule has 1 saturated heterocycles. The summed E-state index contributed by atoms with van der Waals surface area (Å²) < 4.78 is 5.69. The van der Waals surface area contributed by atoms with Gasteiger partial charge in [-0.25, -0.2) is 0 Å². The van der Waals surface area contributed by atoms with Gasteiger partial charge in [-0.1, -0.05) is 0 Å². The molecule has 2 fully saturated rings. The van der Waals surface area contributed by atoms with Crippen LogP contribution in [0.3, 0.4) is 0 Å². The van der Waals surface area contributed by atoms with Gasteiger partial charge in [0.05, 0.1) is 12.2 Å². The predicted octanol–water partition coefficient (Wildman–Crippen LogP) is 2.11. The molecule has 2 atom stereocenters. The van der Waals surface area contributed by atoms with E-state index in [-0.39, 0.29) is 11.5 Å². The van der Waals surface area contributed by atoms with Crippen molar-refractivity contribution in [1.82, 2.24) is 0 Å². The summed E-state index contributed by atoms with van der Waals surface area (Å²) in [5.74, 6) is 0. The van der Waals surface area contributed by atoms with Gasteiger partial charge in [-0.15, -0.1) is 0 Å². The summed E-state index contributed by atoms with van der Waals surface area (Å²) in [7, 11) is 0. The molecule has 2 rings (SSSR count). The molecule has 13 heavy (non-hydrogen) atoms. The second-order valence-corrected chi connectivity index (χ2v) is 4.73. The van der Waals surface area contributed by atoms with E-state index in [0.29, 0.717) is 6.10 Å². The minimum Gasteiger partial charge on any atom is -0.393 e. The monoisotopic (exact) mass is 184 g/mol. The van der Waals surface area contributed by atoms with Crippen LogP contribution in [0.5, 0.6) is 0 Å². The molecule has 0 radical (unpaired) electrons. The molecule has 2 unspecified atom stereocenters. The fourth-order valence-electron chi connectivity index (χ4n) is 2.37. The van der Waals surface area contributed by atoms with Crippen molar-refractivity contribution >= 4 is 0 Å². The number of aliphatic hydroxyl groups is 1. The Kier molecular flexibility index (Phi) is 2.61. The lowest BCUT2D eigenvalue weighted by molar-refractivity contribution is -0.0196. The molecule has 1 aliphatic carbocycles. The zero-order valence-corrected chi connectivity index (χ0v) is 8.46. The quantitative estimate of drug-likeness (QED) is 0.728. The molecule has 0 amide bonds. The average Bonchev–Trinajstić information content (AvgIpc) is 2.87. The van der Waals surface area contributed by atoms with E-state index in [1.54, 1.807) is 0 Å². The maximum atomic E-state index is 9.62. The molecular formula is C11H20O2. The second-order valence-electron chi connectivity index (χ2n) is 4.73. The highest BCUT2D eigenvalue weighted by atomic mass is 16.5. The van der Waals surface area contributed by atoms with E-state index in [0.717, 1.165) is 13.0 Å². The lowest BCUT2D eigenvalue weighted by Crippen LogP contribution is -2.28. The van der Waals surface area contributed by atoms with Crippen LogP contribution in [-0.4, -0.2) is 23.9 Å². The van der Waals surface area contributed by atoms with Crippen molar-refractivity contribution in [3.63, 3.8) is 0 Å². The number of hydrogen-bond acceptors (Lipinski definition) is 2. The van der Waals surface area contributed by atoms with E-state index in [9.17, 15) is 5.11 Å². The molecule has 0 aromatic carbocycles. The van der Waals surface area contributed by atoms with Crippen molar-refractivity contribution in [3.05, 3.63) is 0 Å². The lowest BCUT2D eigenvalue weighted by atomic mass is 9.90. The summed E-state index contributed by atoms with van der Waals surface area (Å²) in [6.45, 7) is 2.86. The summed E-state index contributed by atoms with van der Waals surface area (Å²) in [4.78, 5) is 0. The Morgan fingerprint density at radius 1 is 1.46 bits per heavy atom. The molecule has 76 valence electrons. The van der Waals surface area contributed by atoms with Crippen molar-refractivity contribution in [2.45, 2.75) is 57.7 Å². The zero-order chi connectivity index (χ0) is 9.31. The van der Waals surface area contributed by atoms with Gasteiger partial charge in [-0.05, 0) is 50.9 Å². The van der Waals surface area contributed by atoms with Gasteiger partial charge in [0, 0.05) is 6.61 Å². The molecule has 0 aromatic rings. The van der Waals surface area contributed by atoms with E-state index >= 15 is 0 Å². The first kappa shape index (κ1) is 9.47. The normalized spacial score (nSPS) is 34.2. The molecule has 1 aliphatic heterocycles. The maximum absolute atomic E-state index is 9.62. The third-order valence-electron chi connectivity index (χ3n) is 3.69. The van der Waals surface area contributed by atoms with Crippen LogP contribution < -0.4 is 0 Å². The van der Waals surface area contributed by atoms with Crippen LogP contribution in [0.15, 0.2) is 0 Å². The van der Waals surface area contributed by atoms with Gasteiger partial charge >= 0.3 is 0 Å². The Morgan fingerprint density at radius 2 is 2.23 bits per heavy atom. The number of aliphatic hydroxyl groups excluding tert-OH is 1. The minimum absolute atomic E-state index is 0.141. The van der Waals surface area contributed by atoms with Crippen LogP contribution in [0.1, 0.15) is 45.4 Å². The highest BCUT2D eigenvalue weighted by Crippen LogP contribution is 2.53. The first-order valence-corrected chi connectivity index (χ1v) is 5.53. The standard InChI is InChI=1S/C11H20O2/c1-9(12)11(5-6-11)8-10-4-2-3-7-13-10/h9-10,12H,2-8H2,1H3. The SMILES string of the molecule is CC(O)C1(CC2CCCCO2)CC1. The molecule has 0 aromatic heterocycles. The number of rotatable bonds is 3. The fourth-order valence-corrected chi connectivity index (χ4v) is 2.37. The van der Waals surface area contributed by atoms with Crippen molar-refractivity contribution in [1.29, 1.82) is 0 Å². The highest BCUT2D eigenvalue weighted by molar-refractivity contribution is 4.98. The first-order chi connectivity index (χ1) is 6.23. The van der Waals surface area contributed by atoms with Gasteiger partial charge in [0.25, 0.3) is 0 Å². The van der Waals surface area contributed by atoms with E-state index < -0.39 is 0 Å². The molecule has 1 heterocycles. The lowest BCUT2D eigenvalue weighted by Gasteiger charge is -2.28. The van der Waals surface area contributed by atoms with Crippen LogP contribution in [0.2, 0.25) is 0 Å². The van der Waals surface area contributed by atoms with Gasteiger partial charge in [-0.3, -0.25) is 0 Å². The highest BCUT2D eigenvalue weighted by Gasteiger charge is 2.48. The molecule has 2 heteroatoms. The fraction of sp³-hybridized carbons (Fsp3) is 1.00. The van der Waals surface area contributed by atoms with Crippen LogP contribution >= 0.6 is 0 Å². The molecule has 1 saturated carbocycles. The van der Waals surface area contributed by atoms with Crippen molar-refractivity contribution in [2.24, 2.45) is 5.41 Å². The van der Waals surface area contributed by atoms with Gasteiger partial charge in [0.1, 0.15) is 0 Å². The van der Waals surface area contributed by atoms with Crippen molar-refractivity contribution < 1.29 is 9.84 Å². The van der Waals surface area contributed by atoms with Gasteiger partial charge in [-0.2, -0.15) is 0 Å². The summed E-state index contributed by atoms with van der Waals surface area (Å²) >= 11 is 0.